The second kappa shape index (κ2) is 10.5. The highest BCUT2D eigenvalue weighted by molar-refractivity contribution is 6.03. The molecule has 1 aliphatic heterocycles. The molecule has 9 rings (SSSR count). The number of aromatic nitrogens is 2. The third-order valence-electron chi connectivity index (χ3n) is 9.25. The van der Waals surface area contributed by atoms with E-state index in [0.29, 0.717) is 0 Å². The molecule has 0 saturated carbocycles. The summed E-state index contributed by atoms with van der Waals surface area (Å²) >= 11 is 0. The van der Waals surface area contributed by atoms with E-state index in [1.807, 2.05) is 18.3 Å². The van der Waals surface area contributed by atoms with Crippen molar-refractivity contribution in [3.05, 3.63) is 192 Å². The molecule has 0 saturated heterocycles. The van der Waals surface area contributed by atoms with Gasteiger partial charge in [-0.1, -0.05) is 133 Å². The minimum atomic E-state index is -0.547. The molecule has 0 N–H and O–H groups in total. The Labute approximate surface area is 267 Å². The zero-order chi connectivity index (χ0) is 30.5. The largest absolute Gasteiger partial charge is 0.457 e. The maximum atomic E-state index is 6.60. The lowest BCUT2D eigenvalue weighted by Gasteiger charge is -2.41. The van der Waals surface area contributed by atoms with E-state index in [0.717, 1.165) is 66.8 Å². The SMILES string of the molecule is c1ccc(C2(c3ccccc3)c3ccccc3Oc3ccc(-c4ccc(-c5ccc6ccc7cccnc7c6n5)cc4)cc32)cc1. The molecule has 0 spiro atoms. The Kier molecular flexibility index (Phi) is 6.04. The molecule has 0 radical (unpaired) electrons. The molecule has 2 aromatic heterocycles. The maximum Gasteiger partial charge on any atom is 0.132 e. The van der Waals surface area contributed by atoms with Gasteiger partial charge in [-0.25, -0.2) is 4.98 Å². The molecule has 3 nitrogen and oxygen atoms in total. The molecule has 3 heterocycles. The molecule has 0 atom stereocenters. The number of pyridine rings is 2. The lowest BCUT2D eigenvalue weighted by Crippen LogP contribution is -2.34. The summed E-state index contributed by atoms with van der Waals surface area (Å²) < 4.78 is 6.60. The number of benzene rings is 6. The molecule has 216 valence electrons. The number of nitrogens with zero attached hydrogens (tertiary/aromatic N) is 2. The van der Waals surface area contributed by atoms with Gasteiger partial charge in [0, 0.05) is 33.7 Å². The van der Waals surface area contributed by atoms with Crippen molar-refractivity contribution >= 4 is 21.8 Å². The van der Waals surface area contributed by atoms with E-state index in [-0.39, 0.29) is 0 Å². The van der Waals surface area contributed by atoms with Crippen molar-refractivity contribution in [2.24, 2.45) is 0 Å². The molecule has 8 aromatic rings. The van der Waals surface area contributed by atoms with Crippen LogP contribution in [0.2, 0.25) is 0 Å². The molecular weight excluding hydrogens is 560 g/mol. The molecular formula is C43H28N2O. The average molecular weight is 589 g/mol. The molecule has 0 amide bonds. The quantitative estimate of drug-likeness (QED) is 0.192. The molecule has 46 heavy (non-hydrogen) atoms. The van der Waals surface area contributed by atoms with E-state index in [4.69, 9.17) is 9.72 Å². The van der Waals surface area contributed by atoms with Gasteiger partial charge in [0.15, 0.2) is 0 Å². The highest BCUT2D eigenvalue weighted by Crippen LogP contribution is 2.55. The second-order valence-electron chi connectivity index (χ2n) is 11.8. The van der Waals surface area contributed by atoms with Crippen molar-refractivity contribution in [2.45, 2.75) is 5.41 Å². The van der Waals surface area contributed by atoms with Crippen molar-refractivity contribution in [3.63, 3.8) is 0 Å². The Morgan fingerprint density at radius 1 is 0.435 bits per heavy atom. The minimum absolute atomic E-state index is 0.547. The third kappa shape index (κ3) is 4.06. The van der Waals surface area contributed by atoms with Crippen LogP contribution in [0.3, 0.4) is 0 Å². The summed E-state index contributed by atoms with van der Waals surface area (Å²) in [6.45, 7) is 0. The van der Waals surface area contributed by atoms with Crippen LogP contribution in [-0.2, 0) is 5.41 Å². The molecule has 6 aromatic carbocycles. The van der Waals surface area contributed by atoms with Crippen molar-refractivity contribution in [1.82, 2.24) is 9.97 Å². The second-order valence-corrected chi connectivity index (χ2v) is 11.8. The monoisotopic (exact) mass is 588 g/mol. The summed E-state index contributed by atoms with van der Waals surface area (Å²) in [4.78, 5) is 9.69. The fraction of sp³-hybridized carbons (Fsp3) is 0.0233. The number of rotatable bonds is 4. The molecule has 0 fully saturated rings. The molecule has 0 aliphatic carbocycles. The summed E-state index contributed by atoms with van der Waals surface area (Å²) in [6.07, 6.45) is 1.83. The fourth-order valence-corrected chi connectivity index (χ4v) is 7.10. The van der Waals surface area contributed by atoms with Crippen molar-refractivity contribution < 1.29 is 4.74 Å². The van der Waals surface area contributed by atoms with E-state index < -0.39 is 5.41 Å². The van der Waals surface area contributed by atoms with Crippen LogP contribution in [0.25, 0.3) is 44.2 Å². The first-order chi connectivity index (χ1) is 22.8. The molecule has 0 bridgehead atoms. The molecule has 0 unspecified atom stereocenters. The lowest BCUT2D eigenvalue weighted by molar-refractivity contribution is 0.434. The predicted molar refractivity (Wildman–Crippen MR) is 186 cm³/mol. The minimum Gasteiger partial charge on any atom is -0.457 e. The van der Waals surface area contributed by atoms with Gasteiger partial charge >= 0.3 is 0 Å². The Balaban J connectivity index is 1.18. The highest BCUT2D eigenvalue weighted by Gasteiger charge is 2.45. The molecule has 1 aliphatic rings. The average Bonchev–Trinajstić information content (AvgIpc) is 3.14. The van der Waals surface area contributed by atoms with Crippen LogP contribution in [0.1, 0.15) is 22.3 Å². The van der Waals surface area contributed by atoms with E-state index in [9.17, 15) is 0 Å². The number of fused-ring (bicyclic) bond motifs is 5. The van der Waals surface area contributed by atoms with Gasteiger partial charge in [-0.05, 0) is 52.6 Å². The topological polar surface area (TPSA) is 35.0 Å². The van der Waals surface area contributed by atoms with Gasteiger partial charge in [-0.2, -0.15) is 0 Å². The number of hydrogen-bond acceptors (Lipinski definition) is 3. The first kappa shape index (κ1) is 26.4. The van der Waals surface area contributed by atoms with Crippen LogP contribution in [0, 0.1) is 0 Å². The van der Waals surface area contributed by atoms with Gasteiger partial charge in [0.2, 0.25) is 0 Å². The van der Waals surface area contributed by atoms with E-state index in [2.05, 4.69) is 157 Å². The van der Waals surface area contributed by atoms with Gasteiger partial charge < -0.3 is 4.74 Å². The Bertz CT molecular complexity index is 2340. The summed E-state index contributed by atoms with van der Waals surface area (Å²) in [5, 5.41) is 2.18. The van der Waals surface area contributed by atoms with Crippen molar-refractivity contribution in [1.29, 1.82) is 0 Å². The van der Waals surface area contributed by atoms with Gasteiger partial charge in [0.25, 0.3) is 0 Å². The Morgan fingerprint density at radius 3 is 1.80 bits per heavy atom. The standard InChI is InChI=1S/C43H28N2O/c1-3-11-34(12-4-1)43(35-13-5-2-6-14-35)36-15-7-8-16-39(36)46-40-26-24-33(28-37(40)43)29-17-19-30(20-18-29)38-25-23-32-22-21-31-10-9-27-44-41(31)42(32)45-38/h1-28H. The lowest BCUT2D eigenvalue weighted by atomic mass is 9.63. The van der Waals surface area contributed by atoms with Crippen LogP contribution < -0.4 is 4.74 Å². The summed E-state index contributed by atoms with van der Waals surface area (Å²) in [5.41, 5.74) is 10.2. The molecule has 3 heteroatoms. The smallest absolute Gasteiger partial charge is 0.132 e. The van der Waals surface area contributed by atoms with Gasteiger partial charge in [0.1, 0.15) is 11.5 Å². The Hall–Kier alpha value is -6.06. The number of hydrogen-bond donors (Lipinski definition) is 0. The first-order valence-electron chi connectivity index (χ1n) is 15.6. The maximum absolute atomic E-state index is 6.60. The van der Waals surface area contributed by atoms with Crippen molar-refractivity contribution in [3.8, 4) is 33.9 Å². The van der Waals surface area contributed by atoms with Crippen LogP contribution in [0.15, 0.2) is 170 Å². The Morgan fingerprint density at radius 2 is 1.04 bits per heavy atom. The summed E-state index contributed by atoms with van der Waals surface area (Å²) in [5.74, 6) is 1.75. The van der Waals surface area contributed by atoms with E-state index >= 15 is 0 Å². The number of para-hydroxylation sites is 1. The normalized spacial score (nSPS) is 13.1. The fourth-order valence-electron chi connectivity index (χ4n) is 7.10. The van der Waals surface area contributed by atoms with Gasteiger partial charge in [-0.3, -0.25) is 4.98 Å². The predicted octanol–water partition coefficient (Wildman–Crippen LogP) is 10.6. The first-order valence-corrected chi connectivity index (χ1v) is 15.6. The van der Waals surface area contributed by atoms with E-state index in [1.54, 1.807) is 0 Å². The zero-order valence-corrected chi connectivity index (χ0v) is 25.0. The van der Waals surface area contributed by atoms with Gasteiger partial charge in [-0.15, -0.1) is 0 Å². The van der Waals surface area contributed by atoms with Crippen molar-refractivity contribution in [2.75, 3.05) is 0 Å². The van der Waals surface area contributed by atoms with Crippen LogP contribution in [-0.4, -0.2) is 9.97 Å². The van der Waals surface area contributed by atoms with Crippen LogP contribution in [0.5, 0.6) is 11.5 Å². The zero-order valence-electron chi connectivity index (χ0n) is 25.0. The van der Waals surface area contributed by atoms with Crippen LogP contribution >= 0.6 is 0 Å². The highest BCUT2D eigenvalue weighted by atomic mass is 16.5. The van der Waals surface area contributed by atoms with Crippen LogP contribution in [0.4, 0.5) is 0 Å². The summed E-state index contributed by atoms with van der Waals surface area (Å²) in [7, 11) is 0. The van der Waals surface area contributed by atoms with Gasteiger partial charge in [0.05, 0.1) is 22.1 Å². The summed E-state index contributed by atoms with van der Waals surface area (Å²) in [6, 6.07) is 57.8. The number of ether oxygens (including phenoxy) is 1. The van der Waals surface area contributed by atoms with E-state index in [1.165, 1.54) is 11.1 Å². The third-order valence-corrected chi connectivity index (χ3v) is 9.25.